The molecule has 1 amide bonds. The zero-order chi connectivity index (χ0) is 64.8. The van der Waals surface area contributed by atoms with Crippen molar-refractivity contribution in [3.05, 3.63) is 29.8 Å². The maximum Gasteiger partial charge on any atom is 0.330 e. The van der Waals surface area contributed by atoms with Crippen molar-refractivity contribution in [2.24, 2.45) is 68.8 Å². The molecule has 0 aliphatic carbocycles. The Labute approximate surface area is 468 Å². The SMILES string of the molecule is C[C@H](N)C(=O)Oc1ccc(C[C@H](N)C(=O)OC[C@H](N)C(=O)O)cc1.N=C(N)NCCC[C@H](N)C(=O)O.N=C(N)NCCC[C@H](N)C(=O)OC(=O)CN.NC(=O)CC[C@H](N)C(=O)O.N[C@@H](CCC(=O)O)C(=O)O.N[C@@H](CCC(=O)O)C(=O)O. The highest BCUT2D eigenvalue weighted by Crippen LogP contribution is 2.14. The molecule has 468 valence electrons. The summed E-state index contributed by atoms with van der Waals surface area (Å²) in [6, 6.07) is -1.40. The lowest BCUT2D eigenvalue weighted by atomic mass is 10.1. The largest absolute Gasteiger partial charge is 0.481 e. The van der Waals surface area contributed by atoms with Crippen LogP contribution in [0, 0.1) is 10.8 Å². The number of nitrogens with two attached hydrogens (primary N) is 12. The Hall–Kier alpha value is -8.76. The van der Waals surface area contributed by atoms with Crippen LogP contribution in [0.2, 0.25) is 0 Å². The number of guanidine groups is 2. The fourth-order valence-electron chi connectivity index (χ4n) is 4.38. The van der Waals surface area contributed by atoms with Crippen LogP contribution in [0.3, 0.4) is 0 Å². The highest BCUT2D eigenvalue weighted by atomic mass is 16.6. The minimum Gasteiger partial charge on any atom is -0.481 e. The Morgan fingerprint density at radius 2 is 0.866 bits per heavy atom. The van der Waals surface area contributed by atoms with Gasteiger partial charge in [0.25, 0.3) is 0 Å². The topological polar surface area (TPSA) is 758 Å². The van der Waals surface area contributed by atoms with E-state index in [-0.39, 0.29) is 63.4 Å². The number of ether oxygens (including phenoxy) is 3. The van der Waals surface area contributed by atoms with E-state index >= 15 is 0 Å². The number of amides is 1. The molecule has 0 saturated heterocycles. The van der Waals surface area contributed by atoms with Crippen LogP contribution in [-0.4, -0.2) is 194 Å². The number of carboxylic acids is 7. The zero-order valence-electron chi connectivity index (χ0n) is 44.7. The van der Waals surface area contributed by atoms with E-state index in [1.807, 2.05) is 0 Å². The molecule has 1 rings (SSSR count). The smallest absolute Gasteiger partial charge is 0.330 e. The predicted octanol–water partition coefficient (Wildman–Crippen LogP) is -7.78. The van der Waals surface area contributed by atoms with Gasteiger partial charge in [-0.1, -0.05) is 12.1 Å². The lowest BCUT2D eigenvalue weighted by Crippen LogP contribution is -2.40. The number of primary amides is 1. The number of hydrogen-bond acceptors (Lipinski definition) is 26. The summed E-state index contributed by atoms with van der Waals surface area (Å²) in [6.45, 7) is 1.62. The van der Waals surface area contributed by atoms with E-state index in [1.165, 1.54) is 6.92 Å². The first-order chi connectivity index (χ1) is 37.8. The Morgan fingerprint density at radius 3 is 1.20 bits per heavy atom. The van der Waals surface area contributed by atoms with Crippen LogP contribution < -0.4 is 84.2 Å². The molecule has 38 heteroatoms. The second-order valence-corrected chi connectivity index (χ2v) is 16.5. The molecule has 0 saturated carbocycles. The summed E-state index contributed by atoms with van der Waals surface area (Å²) in [5.74, 6) is -11.1. The number of aliphatic carboxylic acids is 7. The molecule has 1 aromatic rings. The van der Waals surface area contributed by atoms with Gasteiger partial charge in [-0.15, -0.1) is 0 Å². The number of benzene rings is 1. The van der Waals surface area contributed by atoms with Gasteiger partial charge in [0, 0.05) is 32.4 Å². The average molecular weight is 1190 g/mol. The van der Waals surface area contributed by atoms with Crippen molar-refractivity contribution in [1.82, 2.24) is 10.6 Å². The van der Waals surface area contributed by atoms with Crippen molar-refractivity contribution in [2.75, 3.05) is 26.2 Å². The number of hydrogen-bond donors (Lipinski definition) is 23. The third kappa shape index (κ3) is 53.3. The quantitative estimate of drug-likeness (QED) is 0.00820. The molecule has 8 atom stereocenters. The van der Waals surface area contributed by atoms with Gasteiger partial charge in [0.1, 0.15) is 60.7 Å². The average Bonchev–Trinajstić information content (AvgIpc) is 3.38. The maximum absolute atomic E-state index is 11.7. The molecule has 0 heterocycles. The maximum atomic E-state index is 11.7. The molecule has 0 aliphatic rings. The standard InChI is InChI=1S/C15H21N3O6.C8H17N5O3.C6H14N4O2.C5H10N2O3.2C5H9NO4/c1-8(16)14(21)24-10-4-2-9(3-5-10)6-11(17)15(22)23-7-12(18)13(19)20;9-4-6(14)16-7(15)5(10)2-1-3-13-8(11)12;7-4(5(11)12)2-1-3-10-6(8)9;3*6-3(5(9)10)1-2-4(7)8/h2-5,8,11-12H,6-7,16-18H2,1H3,(H,19,20);5H,1-4,9-10H2,(H4,11,12,13);4H,1-3,7H2,(H,11,12)(H4,8,9,10);3H,1-2,6H2,(H2,7,8)(H,9,10);2*3H,1-2,6H2,(H,7,8)(H,9,10)/t8-,11-,12-;5-;4-;3*3-/m000000/s1. The van der Waals surface area contributed by atoms with Gasteiger partial charge in [0.15, 0.2) is 11.9 Å². The molecule has 38 nitrogen and oxygen atoms in total. The van der Waals surface area contributed by atoms with E-state index in [0.29, 0.717) is 50.1 Å². The molecule has 0 unspecified atom stereocenters. The van der Waals surface area contributed by atoms with E-state index in [1.54, 1.807) is 24.3 Å². The molecule has 1 aromatic carbocycles. The van der Waals surface area contributed by atoms with Gasteiger partial charge < -0.3 is 129 Å². The third-order valence-electron chi connectivity index (χ3n) is 9.00. The summed E-state index contributed by atoms with van der Waals surface area (Å²) >= 11 is 0. The minimum absolute atomic E-state index is 0.0213. The summed E-state index contributed by atoms with van der Waals surface area (Å²) in [5, 5.41) is 76.5. The highest BCUT2D eigenvalue weighted by Gasteiger charge is 2.21. The highest BCUT2D eigenvalue weighted by molar-refractivity contribution is 5.89. The molecule has 0 fully saturated rings. The number of carbonyl (C=O) groups excluding carboxylic acids is 5. The summed E-state index contributed by atoms with van der Waals surface area (Å²) in [7, 11) is 0. The molecule has 0 radical (unpaired) electrons. The molecular weight excluding hydrogens is 1100 g/mol. The van der Waals surface area contributed by atoms with Crippen molar-refractivity contribution in [2.45, 2.75) is 126 Å². The van der Waals surface area contributed by atoms with Gasteiger partial charge in [0.05, 0.1) is 6.54 Å². The number of rotatable bonds is 31. The van der Waals surface area contributed by atoms with Crippen LogP contribution in [0.25, 0.3) is 0 Å². The Bertz CT molecular complexity index is 2110. The van der Waals surface area contributed by atoms with Gasteiger partial charge >= 0.3 is 65.7 Å². The van der Waals surface area contributed by atoms with Crippen molar-refractivity contribution >= 4 is 83.5 Å². The minimum atomic E-state index is -1.29. The number of nitrogens with one attached hydrogen (secondary N) is 4. The Morgan fingerprint density at radius 1 is 0.500 bits per heavy atom. The third-order valence-corrected chi connectivity index (χ3v) is 9.00. The molecular formula is C44H80N16O22. The molecule has 0 spiro atoms. The lowest BCUT2D eigenvalue weighted by Gasteiger charge is -2.13. The monoisotopic (exact) mass is 1180 g/mol. The normalized spacial score (nSPS) is 12.8. The lowest BCUT2D eigenvalue weighted by molar-refractivity contribution is -0.160. The first-order valence-corrected chi connectivity index (χ1v) is 23.8. The summed E-state index contributed by atoms with van der Waals surface area (Å²) in [6.07, 6.45) is 1.68. The summed E-state index contributed by atoms with van der Waals surface area (Å²) < 4.78 is 14.1. The van der Waals surface area contributed by atoms with Crippen LogP contribution in [0.4, 0.5) is 0 Å². The zero-order valence-corrected chi connectivity index (χ0v) is 44.7. The van der Waals surface area contributed by atoms with Gasteiger partial charge in [0.2, 0.25) is 5.91 Å². The van der Waals surface area contributed by atoms with E-state index in [9.17, 15) is 57.5 Å². The van der Waals surface area contributed by atoms with Gasteiger partial charge in [-0.2, -0.15) is 0 Å². The van der Waals surface area contributed by atoms with E-state index < -0.39 is 127 Å². The number of carbonyl (C=O) groups is 12. The van der Waals surface area contributed by atoms with Crippen LogP contribution in [-0.2, 0) is 73.4 Å². The van der Waals surface area contributed by atoms with Crippen molar-refractivity contribution in [1.29, 1.82) is 10.8 Å². The van der Waals surface area contributed by atoms with E-state index in [0.717, 1.165) is 0 Å². The number of carboxylic acid groups (broad SMARTS) is 7. The first-order valence-electron chi connectivity index (χ1n) is 23.8. The Balaban J connectivity index is -0.000000301. The molecule has 0 aromatic heterocycles. The van der Waals surface area contributed by atoms with Crippen LogP contribution in [0.5, 0.6) is 5.75 Å². The predicted molar refractivity (Wildman–Crippen MR) is 285 cm³/mol. The summed E-state index contributed by atoms with van der Waals surface area (Å²) in [4.78, 5) is 125. The van der Waals surface area contributed by atoms with Gasteiger partial charge in [-0.25, -0.2) is 9.59 Å². The van der Waals surface area contributed by atoms with Crippen molar-refractivity contribution in [3.63, 3.8) is 0 Å². The van der Waals surface area contributed by atoms with E-state index in [2.05, 4.69) is 15.4 Å². The fraction of sp³-hybridized carbons (Fsp3) is 0.545. The second-order valence-electron chi connectivity index (χ2n) is 16.5. The van der Waals surface area contributed by atoms with Crippen molar-refractivity contribution < 1.29 is 107 Å². The fourth-order valence-corrected chi connectivity index (χ4v) is 4.38. The van der Waals surface area contributed by atoms with Crippen LogP contribution in [0.15, 0.2) is 24.3 Å². The molecule has 82 heavy (non-hydrogen) atoms. The molecule has 0 bridgehead atoms. The molecule has 35 N–H and O–H groups in total. The second kappa shape index (κ2) is 48.2. The van der Waals surface area contributed by atoms with Crippen LogP contribution >= 0.6 is 0 Å². The number of esters is 4. The van der Waals surface area contributed by atoms with Gasteiger partial charge in [-0.3, -0.25) is 58.8 Å². The molecule has 0 aliphatic heterocycles. The van der Waals surface area contributed by atoms with Crippen molar-refractivity contribution in [3.8, 4) is 5.75 Å². The Kier molecular flexibility index (Phi) is 48.2. The van der Waals surface area contributed by atoms with Crippen LogP contribution in [0.1, 0.15) is 76.7 Å². The summed E-state index contributed by atoms with van der Waals surface area (Å²) in [5.41, 5.74) is 62.5. The van der Waals surface area contributed by atoms with Gasteiger partial charge in [-0.05, 0) is 76.0 Å². The van der Waals surface area contributed by atoms with E-state index in [4.69, 9.17) is 125 Å². The first kappa shape index (κ1) is 82.1.